The third-order valence-electron chi connectivity index (χ3n) is 4.66. The van der Waals surface area contributed by atoms with E-state index in [-0.39, 0.29) is 6.61 Å². The van der Waals surface area contributed by atoms with Crippen molar-refractivity contribution in [1.29, 1.82) is 5.26 Å². The number of nitriles is 1. The molecular weight excluding hydrogens is 420 g/mol. The van der Waals surface area contributed by atoms with Gasteiger partial charge in [0.15, 0.2) is 11.5 Å². The molecule has 0 radical (unpaired) electrons. The standard InChI is InChI=1S/C25H20N4O2S/c1-30-24-13-18(11-12-23(24)31-16-21-10-6-5-9-20(21)14-26)15-27-29-25-28-22(17-32-25)19-7-3-2-4-8-19/h2-13,15,17H,16H2,1H3,(H,28,29). The maximum absolute atomic E-state index is 9.22. The van der Waals surface area contributed by atoms with Crippen LogP contribution in [0.2, 0.25) is 0 Å². The maximum atomic E-state index is 9.22. The number of benzene rings is 3. The Balaban J connectivity index is 1.40. The van der Waals surface area contributed by atoms with Gasteiger partial charge in [-0.1, -0.05) is 48.5 Å². The number of rotatable bonds is 8. The van der Waals surface area contributed by atoms with E-state index in [4.69, 9.17) is 9.47 Å². The number of anilines is 1. The molecular formula is C25H20N4O2S. The van der Waals surface area contributed by atoms with Crippen LogP contribution in [0.15, 0.2) is 83.3 Å². The van der Waals surface area contributed by atoms with Gasteiger partial charge in [-0.3, -0.25) is 5.43 Å². The molecule has 0 aliphatic rings. The van der Waals surface area contributed by atoms with Gasteiger partial charge in [0.05, 0.1) is 30.7 Å². The summed E-state index contributed by atoms with van der Waals surface area (Å²) in [6.07, 6.45) is 1.70. The highest BCUT2D eigenvalue weighted by Crippen LogP contribution is 2.29. The zero-order chi connectivity index (χ0) is 22.2. The van der Waals surface area contributed by atoms with Crippen molar-refractivity contribution in [2.75, 3.05) is 12.5 Å². The number of nitrogens with one attached hydrogen (secondary N) is 1. The molecule has 158 valence electrons. The van der Waals surface area contributed by atoms with Crippen LogP contribution in [0.4, 0.5) is 5.13 Å². The largest absolute Gasteiger partial charge is 0.493 e. The Labute approximate surface area is 190 Å². The van der Waals surface area contributed by atoms with Gasteiger partial charge in [-0.15, -0.1) is 11.3 Å². The minimum atomic E-state index is 0.281. The molecule has 1 aromatic heterocycles. The number of methoxy groups -OCH3 is 1. The van der Waals surface area contributed by atoms with E-state index in [2.05, 4.69) is 21.6 Å². The normalized spacial score (nSPS) is 10.6. The smallest absolute Gasteiger partial charge is 0.203 e. The fourth-order valence-corrected chi connectivity index (χ4v) is 3.69. The second-order valence-electron chi connectivity index (χ2n) is 6.74. The summed E-state index contributed by atoms with van der Waals surface area (Å²) in [6.45, 7) is 0.281. The van der Waals surface area contributed by atoms with Gasteiger partial charge >= 0.3 is 0 Å². The summed E-state index contributed by atoms with van der Waals surface area (Å²) in [4.78, 5) is 4.55. The van der Waals surface area contributed by atoms with E-state index >= 15 is 0 Å². The third-order valence-corrected chi connectivity index (χ3v) is 5.40. The Hall–Kier alpha value is -4.15. The van der Waals surface area contributed by atoms with Crippen LogP contribution in [-0.4, -0.2) is 18.3 Å². The Morgan fingerprint density at radius 3 is 2.69 bits per heavy atom. The Morgan fingerprint density at radius 2 is 1.88 bits per heavy atom. The lowest BCUT2D eigenvalue weighted by Crippen LogP contribution is -2.00. The van der Waals surface area contributed by atoms with Crippen LogP contribution in [0.5, 0.6) is 11.5 Å². The van der Waals surface area contributed by atoms with Gasteiger partial charge in [-0.05, 0) is 29.8 Å². The summed E-state index contributed by atoms with van der Waals surface area (Å²) < 4.78 is 11.4. The number of ether oxygens (including phenoxy) is 2. The molecule has 1 heterocycles. The molecule has 0 amide bonds. The molecule has 4 rings (SSSR count). The molecule has 0 aliphatic carbocycles. The number of nitrogens with zero attached hydrogens (tertiary/aromatic N) is 3. The minimum absolute atomic E-state index is 0.281. The Morgan fingerprint density at radius 1 is 1.06 bits per heavy atom. The third kappa shape index (κ3) is 5.12. The second-order valence-corrected chi connectivity index (χ2v) is 7.60. The highest BCUT2D eigenvalue weighted by molar-refractivity contribution is 7.14. The fourth-order valence-electron chi connectivity index (χ4n) is 3.02. The first-order chi connectivity index (χ1) is 15.8. The summed E-state index contributed by atoms with van der Waals surface area (Å²) in [7, 11) is 1.59. The zero-order valence-corrected chi connectivity index (χ0v) is 18.2. The number of hydrogen-bond donors (Lipinski definition) is 1. The molecule has 1 N–H and O–H groups in total. The Bertz CT molecular complexity index is 1260. The molecule has 0 bridgehead atoms. The molecule has 0 saturated carbocycles. The van der Waals surface area contributed by atoms with Crippen LogP contribution >= 0.6 is 11.3 Å². The van der Waals surface area contributed by atoms with Crippen molar-refractivity contribution in [2.45, 2.75) is 6.61 Å². The van der Waals surface area contributed by atoms with Crippen LogP contribution in [0.3, 0.4) is 0 Å². The van der Waals surface area contributed by atoms with E-state index in [0.717, 1.165) is 22.4 Å². The maximum Gasteiger partial charge on any atom is 0.203 e. The van der Waals surface area contributed by atoms with E-state index in [1.807, 2.05) is 72.1 Å². The predicted octanol–water partition coefficient (Wildman–Crippen LogP) is 5.72. The Kier molecular flexibility index (Phi) is 6.75. The first-order valence-electron chi connectivity index (χ1n) is 9.85. The fraction of sp³-hybridized carbons (Fsp3) is 0.0800. The van der Waals surface area contributed by atoms with Crippen molar-refractivity contribution < 1.29 is 9.47 Å². The van der Waals surface area contributed by atoms with Gasteiger partial charge in [-0.25, -0.2) is 4.98 Å². The zero-order valence-electron chi connectivity index (χ0n) is 17.4. The summed E-state index contributed by atoms with van der Waals surface area (Å²) in [5.74, 6) is 1.18. The van der Waals surface area contributed by atoms with Gasteiger partial charge in [0, 0.05) is 16.5 Å². The lowest BCUT2D eigenvalue weighted by atomic mass is 10.1. The topological polar surface area (TPSA) is 79.5 Å². The van der Waals surface area contributed by atoms with E-state index in [1.54, 1.807) is 19.4 Å². The quantitative estimate of drug-likeness (QED) is 0.280. The predicted molar refractivity (Wildman–Crippen MR) is 127 cm³/mol. The first kappa shape index (κ1) is 21.1. The molecule has 32 heavy (non-hydrogen) atoms. The van der Waals surface area contributed by atoms with E-state index in [9.17, 15) is 5.26 Å². The van der Waals surface area contributed by atoms with Crippen molar-refractivity contribution >= 4 is 22.7 Å². The molecule has 0 spiro atoms. The van der Waals surface area contributed by atoms with Crippen molar-refractivity contribution in [3.8, 4) is 28.8 Å². The molecule has 7 heteroatoms. The molecule has 0 unspecified atom stereocenters. The van der Waals surface area contributed by atoms with Crippen LogP contribution in [-0.2, 0) is 6.61 Å². The van der Waals surface area contributed by atoms with Crippen molar-refractivity contribution in [1.82, 2.24) is 4.98 Å². The van der Waals surface area contributed by atoms with Crippen LogP contribution < -0.4 is 14.9 Å². The van der Waals surface area contributed by atoms with Gasteiger partial charge in [0.2, 0.25) is 5.13 Å². The van der Waals surface area contributed by atoms with Crippen LogP contribution in [0.25, 0.3) is 11.3 Å². The molecule has 0 fully saturated rings. The van der Waals surface area contributed by atoms with Crippen LogP contribution in [0, 0.1) is 11.3 Å². The summed E-state index contributed by atoms with van der Waals surface area (Å²) in [5.41, 5.74) is 7.22. The lowest BCUT2D eigenvalue weighted by Gasteiger charge is -2.12. The first-order valence-corrected chi connectivity index (χ1v) is 10.7. The second kappa shape index (κ2) is 10.2. The molecule has 0 saturated heterocycles. The number of aromatic nitrogens is 1. The van der Waals surface area contributed by atoms with Gasteiger partial charge < -0.3 is 9.47 Å². The van der Waals surface area contributed by atoms with E-state index in [1.165, 1.54) is 11.3 Å². The van der Waals surface area contributed by atoms with Crippen molar-refractivity contribution in [3.05, 3.63) is 94.9 Å². The molecule has 0 atom stereocenters. The van der Waals surface area contributed by atoms with Gasteiger partial charge in [-0.2, -0.15) is 10.4 Å². The average molecular weight is 441 g/mol. The lowest BCUT2D eigenvalue weighted by molar-refractivity contribution is 0.284. The van der Waals surface area contributed by atoms with Gasteiger partial charge in [0.25, 0.3) is 0 Å². The number of hydrogen-bond acceptors (Lipinski definition) is 7. The SMILES string of the molecule is COc1cc(C=NNc2nc(-c3ccccc3)cs2)ccc1OCc1ccccc1C#N. The van der Waals surface area contributed by atoms with Crippen LogP contribution in [0.1, 0.15) is 16.7 Å². The summed E-state index contributed by atoms with van der Waals surface area (Å²) in [6, 6.07) is 25.1. The van der Waals surface area contributed by atoms with Crippen molar-refractivity contribution in [3.63, 3.8) is 0 Å². The monoisotopic (exact) mass is 440 g/mol. The number of hydrazone groups is 1. The molecule has 0 aliphatic heterocycles. The summed E-state index contributed by atoms with van der Waals surface area (Å²) in [5, 5.41) is 16.2. The average Bonchev–Trinajstić information content (AvgIpc) is 3.33. The van der Waals surface area contributed by atoms with E-state index < -0.39 is 0 Å². The highest BCUT2D eigenvalue weighted by Gasteiger charge is 2.08. The summed E-state index contributed by atoms with van der Waals surface area (Å²) >= 11 is 1.49. The minimum Gasteiger partial charge on any atom is -0.493 e. The van der Waals surface area contributed by atoms with Gasteiger partial charge in [0.1, 0.15) is 6.61 Å². The highest BCUT2D eigenvalue weighted by atomic mass is 32.1. The molecule has 4 aromatic rings. The van der Waals surface area contributed by atoms with E-state index in [0.29, 0.717) is 22.2 Å². The molecule has 3 aromatic carbocycles. The molecule has 6 nitrogen and oxygen atoms in total. The van der Waals surface area contributed by atoms with Crippen molar-refractivity contribution in [2.24, 2.45) is 5.10 Å². The number of thiazole rings is 1.